The maximum Gasteiger partial charge on any atom is 0.220 e. The van der Waals surface area contributed by atoms with E-state index in [0.717, 1.165) is 22.5 Å². The van der Waals surface area contributed by atoms with Crippen LogP contribution >= 0.6 is 0 Å². The lowest BCUT2D eigenvalue weighted by Crippen LogP contribution is -2.33. The molecule has 3 N–H and O–H groups in total. The van der Waals surface area contributed by atoms with Crippen LogP contribution in [0.4, 0.5) is 5.69 Å². The zero-order chi connectivity index (χ0) is 16.8. The van der Waals surface area contributed by atoms with Gasteiger partial charge in [-0.05, 0) is 42.5 Å². The summed E-state index contributed by atoms with van der Waals surface area (Å²) in [6.07, 6.45) is 2.84. The molecule has 23 heavy (non-hydrogen) atoms. The van der Waals surface area contributed by atoms with Gasteiger partial charge in [0.1, 0.15) is 0 Å². The normalized spacial score (nSPS) is 12.2. The highest BCUT2D eigenvalue weighted by molar-refractivity contribution is 5.77. The van der Waals surface area contributed by atoms with Gasteiger partial charge in [0.05, 0.1) is 11.7 Å². The van der Waals surface area contributed by atoms with Crippen LogP contribution < -0.4 is 11.1 Å². The van der Waals surface area contributed by atoms with Crippen LogP contribution in [0.5, 0.6) is 0 Å². The van der Waals surface area contributed by atoms with Crippen molar-refractivity contribution in [2.75, 3.05) is 5.73 Å². The Bertz CT molecular complexity index is 667. The molecule has 0 saturated heterocycles. The molecule has 1 aromatic carbocycles. The second-order valence-corrected chi connectivity index (χ2v) is 6.19. The van der Waals surface area contributed by atoms with Gasteiger partial charge in [-0.2, -0.15) is 0 Å². The number of aryl methyl sites for hydroxylation is 2. The highest BCUT2D eigenvalue weighted by Gasteiger charge is 2.21. The van der Waals surface area contributed by atoms with Crippen LogP contribution in [0.2, 0.25) is 0 Å². The minimum atomic E-state index is -0.0724. The molecule has 0 fully saturated rings. The fourth-order valence-electron chi connectivity index (χ4n) is 2.63. The van der Waals surface area contributed by atoms with Crippen LogP contribution in [0.15, 0.2) is 42.6 Å². The van der Waals surface area contributed by atoms with Crippen molar-refractivity contribution in [3.8, 4) is 0 Å². The number of nitrogen functional groups attached to an aromatic ring is 1. The molecular weight excluding hydrogens is 286 g/mol. The van der Waals surface area contributed by atoms with Crippen molar-refractivity contribution in [2.24, 2.45) is 5.92 Å². The number of carbonyl (C=O) groups is 1. The molecule has 4 heteroatoms. The lowest BCUT2D eigenvalue weighted by atomic mass is 9.97. The second kappa shape index (κ2) is 7.77. The Kier molecular flexibility index (Phi) is 5.74. The summed E-state index contributed by atoms with van der Waals surface area (Å²) >= 11 is 0. The van der Waals surface area contributed by atoms with E-state index in [4.69, 9.17) is 5.73 Å². The Balaban J connectivity index is 2.02. The second-order valence-electron chi connectivity index (χ2n) is 6.19. The van der Waals surface area contributed by atoms with Gasteiger partial charge >= 0.3 is 0 Å². The van der Waals surface area contributed by atoms with Gasteiger partial charge in [0.25, 0.3) is 0 Å². The third-order valence-electron chi connectivity index (χ3n) is 4.00. The van der Waals surface area contributed by atoms with Crippen molar-refractivity contribution >= 4 is 11.6 Å². The molecule has 2 aromatic rings. The number of anilines is 1. The number of nitrogens with zero attached hydrogens (tertiary/aromatic N) is 1. The van der Waals surface area contributed by atoms with Crippen molar-refractivity contribution in [2.45, 2.75) is 39.7 Å². The zero-order valence-electron chi connectivity index (χ0n) is 14.0. The number of rotatable bonds is 6. The van der Waals surface area contributed by atoms with Crippen molar-refractivity contribution in [1.82, 2.24) is 10.3 Å². The zero-order valence-corrected chi connectivity index (χ0v) is 14.0. The Morgan fingerprint density at radius 3 is 2.61 bits per heavy atom. The van der Waals surface area contributed by atoms with Crippen LogP contribution in [-0.4, -0.2) is 10.9 Å². The fourth-order valence-corrected chi connectivity index (χ4v) is 2.63. The van der Waals surface area contributed by atoms with Crippen LogP contribution in [0.3, 0.4) is 0 Å². The van der Waals surface area contributed by atoms with Crippen LogP contribution in [-0.2, 0) is 11.2 Å². The average Bonchev–Trinajstić information content (AvgIpc) is 2.52. The van der Waals surface area contributed by atoms with Crippen molar-refractivity contribution in [1.29, 1.82) is 0 Å². The Morgan fingerprint density at radius 1 is 1.22 bits per heavy atom. The quantitative estimate of drug-likeness (QED) is 0.803. The highest BCUT2D eigenvalue weighted by Crippen LogP contribution is 2.23. The number of pyridine rings is 1. The maximum absolute atomic E-state index is 12.3. The molecule has 0 saturated carbocycles. The first-order valence-electron chi connectivity index (χ1n) is 8.03. The van der Waals surface area contributed by atoms with E-state index in [1.54, 1.807) is 6.20 Å². The number of para-hydroxylation sites is 1. The van der Waals surface area contributed by atoms with Crippen molar-refractivity contribution in [3.05, 3.63) is 59.4 Å². The summed E-state index contributed by atoms with van der Waals surface area (Å²) in [4.78, 5) is 16.8. The van der Waals surface area contributed by atoms with E-state index in [0.29, 0.717) is 12.8 Å². The van der Waals surface area contributed by atoms with E-state index >= 15 is 0 Å². The van der Waals surface area contributed by atoms with Crippen molar-refractivity contribution in [3.63, 3.8) is 0 Å². The van der Waals surface area contributed by atoms with Gasteiger partial charge in [0.2, 0.25) is 5.91 Å². The van der Waals surface area contributed by atoms with Gasteiger partial charge in [0.15, 0.2) is 0 Å². The van der Waals surface area contributed by atoms with E-state index in [2.05, 4.69) is 24.1 Å². The molecule has 1 atom stereocenters. The predicted octanol–water partition coefficient (Wildman–Crippen LogP) is 3.42. The molecule has 122 valence electrons. The minimum absolute atomic E-state index is 0.0250. The summed E-state index contributed by atoms with van der Waals surface area (Å²) in [6, 6.07) is 11.5. The third-order valence-corrected chi connectivity index (χ3v) is 4.00. The molecule has 0 spiro atoms. The molecule has 1 unspecified atom stereocenters. The topological polar surface area (TPSA) is 68.0 Å². The van der Waals surface area contributed by atoms with Gasteiger partial charge in [0, 0.05) is 18.3 Å². The van der Waals surface area contributed by atoms with E-state index in [1.165, 1.54) is 0 Å². The molecule has 4 nitrogen and oxygen atoms in total. The number of hydrogen-bond acceptors (Lipinski definition) is 3. The molecule has 0 aliphatic heterocycles. The summed E-state index contributed by atoms with van der Waals surface area (Å²) in [5.74, 6) is 0.298. The van der Waals surface area contributed by atoms with E-state index < -0.39 is 0 Å². The molecular formula is C19H25N3O. The van der Waals surface area contributed by atoms with Gasteiger partial charge < -0.3 is 11.1 Å². The molecule has 1 aromatic heterocycles. The lowest BCUT2D eigenvalue weighted by Gasteiger charge is -2.23. The maximum atomic E-state index is 12.3. The average molecular weight is 311 g/mol. The fraction of sp³-hybridized carbons (Fsp3) is 0.368. The number of nitrogens with two attached hydrogens (primary N) is 1. The number of amides is 1. The minimum Gasteiger partial charge on any atom is -0.399 e. The monoisotopic (exact) mass is 311 g/mol. The number of aromatic nitrogens is 1. The summed E-state index contributed by atoms with van der Waals surface area (Å²) in [7, 11) is 0. The molecule has 0 aliphatic rings. The van der Waals surface area contributed by atoms with Crippen LogP contribution in [0, 0.1) is 12.8 Å². The number of carbonyl (C=O) groups excluding carboxylic acids is 1. The Morgan fingerprint density at radius 2 is 1.96 bits per heavy atom. The third kappa shape index (κ3) is 4.55. The first kappa shape index (κ1) is 17.0. The summed E-state index contributed by atoms with van der Waals surface area (Å²) in [5.41, 5.74) is 9.71. The first-order chi connectivity index (χ1) is 11.0. The first-order valence-corrected chi connectivity index (χ1v) is 8.03. The van der Waals surface area contributed by atoms with E-state index in [-0.39, 0.29) is 17.9 Å². The highest BCUT2D eigenvalue weighted by atomic mass is 16.1. The Hall–Kier alpha value is -2.36. The standard InChI is InChI=1S/C19H25N3O/c1-13(2)18(19-14(3)7-6-12-21-19)22-17(23)11-10-15-8-4-5-9-16(15)20/h4-9,12-13,18H,10-11,20H2,1-3H3,(H,22,23). The smallest absolute Gasteiger partial charge is 0.220 e. The summed E-state index contributed by atoms with van der Waals surface area (Å²) < 4.78 is 0. The lowest BCUT2D eigenvalue weighted by molar-refractivity contribution is -0.122. The van der Waals surface area contributed by atoms with Crippen LogP contribution in [0.1, 0.15) is 43.1 Å². The number of benzene rings is 1. The molecule has 0 bridgehead atoms. The largest absolute Gasteiger partial charge is 0.399 e. The van der Waals surface area contributed by atoms with Gasteiger partial charge in [-0.3, -0.25) is 9.78 Å². The molecule has 1 heterocycles. The SMILES string of the molecule is Cc1cccnc1C(NC(=O)CCc1ccccc1N)C(C)C. The molecule has 0 aliphatic carbocycles. The van der Waals surface area contributed by atoms with Gasteiger partial charge in [-0.1, -0.05) is 38.1 Å². The molecule has 0 radical (unpaired) electrons. The number of nitrogens with one attached hydrogen (secondary N) is 1. The predicted molar refractivity (Wildman–Crippen MR) is 93.9 cm³/mol. The van der Waals surface area contributed by atoms with Crippen molar-refractivity contribution < 1.29 is 4.79 Å². The van der Waals surface area contributed by atoms with Crippen LogP contribution in [0.25, 0.3) is 0 Å². The molecule has 1 amide bonds. The number of hydrogen-bond donors (Lipinski definition) is 2. The molecule has 2 rings (SSSR count). The Labute approximate surface area is 138 Å². The van der Waals surface area contributed by atoms with Gasteiger partial charge in [-0.15, -0.1) is 0 Å². The summed E-state index contributed by atoms with van der Waals surface area (Å²) in [5, 5.41) is 3.12. The summed E-state index contributed by atoms with van der Waals surface area (Å²) in [6.45, 7) is 6.21. The van der Waals surface area contributed by atoms with Gasteiger partial charge in [-0.25, -0.2) is 0 Å². The van der Waals surface area contributed by atoms with E-state index in [9.17, 15) is 4.79 Å². The van der Waals surface area contributed by atoms with E-state index in [1.807, 2.05) is 43.3 Å².